The Kier molecular flexibility index (Phi) is 4.04. The predicted molar refractivity (Wildman–Crippen MR) is 111 cm³/mol. The molecule has 30 heavy (non-hydrogen) atoms. The summed E-state index contributed by atoms with van der Waals surface area (Å²) < 4.78 is 13.4. The Bertz CT molecular complexity index is 809. The zero-order chi connectivity index (χ0) is 20.0. The highest BCUT2D eigenvalue weighted by Gasteiger charge is 2.58. The highest BCUT2D eigenvalue weighted by atomic mass is 16.5. The van der Waals surface area contributed by atoms with Crippen LogP contribution in [-0.4, -0.2) is 36.0 Å². The van der Waals surface area contributed by atoms with E-state index in [0.717, 1.165) is 25.7 Å². The van der Waals surface area contributed by atoms with Gasteiger partial charge >= 0.3 is 0 Å². The highest BCUT2D eigenvalue weighted by molar-refractivity contribution is 5.82. The van der Waals surface area contributed by atoms with Gasteiger partial charge in [-0.3, -0.25) is 9.59 Å². The zero-order valence-corrected chi connectivity index (χ0v) is 17.7. The fourth-order valence-corrected chi connectivity index (χ4v) is 8.63. The van der Waals surface area contributed by atoms with Crippen LogP contribution in [0.25, 0.3) is 0 Å². The Balaban J connectivity index is 1.41. The van der Waals surface area contributed by atoms with Crippen LogP contribution in [0.2, 0.25) is 0 Å². The van der Waals surface area contributed by atoms with Gasteiger partial charge in [-0.25, -0.2) is 0 Å². The molecule has 0 spiro atoms. The minimum Gasteiger partial charge on any atom is -0.370 e. The number of hydrogen-bond donors (Lipinski definition) is 0. The van der Waals surface area contributed by atoms with Crippen LogP contribution in [-0.2, 0) is 19.1 Å². The lowest BCUT2D eigenvalue weighted by molar-refractivity contribution is -0.137. The topological polar surface area (TPSA) is 52.6 Å². The van der Waals surface area contributed by atoms with Crippen molar-refractivity contribution in [2.24, 2.45) is 23.7 Å². The normalized spacial score (nSPS) is 47.3. The van der Waals surface area contributed by atoms with Gasteiger partial charge in [0.25, 0.3) is 0 Å². The second-order valence-corrected chi connectivity index (χ2v) is 10.9. The molecule has 2 aliphatic heterocycles. The summed E-state index contributed by atoms with van der Waals surface area (Å²) >= 11 is 0. The summed E-state index contributed by atoms with van der Waals surface area (Å²) in [6, 6.07) is 0. The molecule has 7 rings (SSSR count). The molecule has 4 heteroatoms. The number of ether oxygens (including phenoxy) is 2. The van der Waals surface area contributed by atoms with Crippen molar-refractivity contribution in [3.63, 3.8) is 0 Å². The molecule has 0 aromatic carbocycles. The summed E-state index contributed by atoms with van der Waals surface area (Å²) in [7, 11) is 0. The molecule has 4 nitrogen and oxygen atoms in total. The lowest BCUT2D eigenvalue weighted by Gasteiger charge is -2.60. The summed E-state index contributed by atoms with van der Waals surface area (Å²) in [5.41, 5.74) is 6.47. The molecule has 0 amide bonds. The van der Waals surface area contributed by atoms with Gasteiger partial charge in [-0.1, -0.05) is 24.0 Å². The lowest BCUT2D eigenvalue weighted by Crippen LogP contribution is -2.57. The van der Waals surface area contributed by atoms with Gasteiger partial charge in [-0.2, -0.15) is 0 Å². The van der Waals surface area contributed by atoms with Crippen molar-refractivity contribution in [2.75, 3.05) is 0 Å². The Morgan fingerprint density at radius 1 is 0.600 bits per heavy atom. The average Bonchev–Trinajstić information content (AvgIpc) is 2.75. The molecule has 5 fully saturated rings. The summed E-state index contributed by atoms with van der Waals surface area (Å²) in [6.45, 7) is 0. The molecule has 5 saturated carbocycles. The van der Waals surface area contributed by atoms with Crippen molar-refractivity contribution in [2.45, 2.75) is 101 Å². The SMILES string of the molecule is O=C1CCC2=C3[C@H]4[C@@H](CCC[C@H]4C4=C5CCC(=O)C[C@H]5O[C@@H]5CCC[C@@H]3[C@@H]45)O[C@H]2C1. The molecule has 2 heterocycles. The first-order valence-corrected chi connectivity index (χ1v) is 12.5. The maximum absolute atomic E-state index is 12.2. The van der Waals surface area contributed by atoms with Crippen LogP contribution in [0.4, 0.5) is 0 Å². The number of fused-ring (bicyclic) bond motifs is 4. The summed E-state index contributed by atoms with van der Waals surface area (Å²) in [6.07, 6.45) is 12.4. The van der Waals surface area contributed by atoms with E-state index in [0.29, 0.717) is 73.1 Å². The van der Waals surface area contributed by atoms with Crippen molar-refractivity contribution < 1.29 is 19.1 Å². The summed E-state index contributed by atoms with van der Waals surface area (Å²) in [5, 5.41) is 0. The van der Waals surface area contributed by atoms with E-state index >= 15 is 0 Å². The average molecular weight is 409 g/mol. The maximum atomic E-state index is 12.2. The standard InChI is InChI=1S/C26H32O4/c27-13-8-10-16-21(11-13)29-19-5-1-3-17-23-15-9-7-14(28)12-22(15)30-20-6-2-4-18(26(20)23)24(16)25(17)19/h17-22,25-26H,1-12H2/t17-,18-,19+,20+,21-,22+,25+,26+/m0/s1. The minimum atomic E-state index is 0.0559. The largest absolute Gasteiger partial charge is 0.370 e. The molecule has 7 aliphatic rings. The number of carbonyl (C=O) groups excluding carboxylic acids is 2. The van der Waals surface area contributed by atoms with Crippen LogP contribution in [0.5, 0.6) is 0 Å². The second-order valence-electron chi connectivity index (χ2n) is 10.9. The Morgan fingerprint density at radius 3 is 1.53 bits per heavy atom. The van der Waals surface area contributed by atoms with Crippen LogP contribution in [0, 0.1) is 23.7 Å². The van der Waals surface area contributed by atoms with E-state index in [9.17, 15) is 9.59 Å². The van der Waals surface area contributed by atoms with Gasteiger partial charge in [0.15, 0.2) is 0 Å². The third kappa shape index (κ3) is 2.47. The van der Waals surface area contributed by atoms with Crippen molar-refractivity contribution in [3.8, 4) is 0 Å². The first-order valence-electron chi connectivity index (χ1n) is 12.5. The van der Waals surface area contributed by atoms with E-state index in [1.54, 1.807) is 11.1 Å². The molecular weight excluding hydrogens is 376 g/mol. The number of ketones is 2. The zero-order valence-electron chi connectivity index (χ0n) is 17.7. The van der Waals surface area contributed by atoms with Gasteiger partial charge in [0.2, 0.25) is 0 Å². The van der Waals surface area contributed by atoms with Crippen molar-refractivity contribution in [1.29, 1.82) is 0 Å². The van der Waals surface area contributed by atoms with Crippen LogP contribution >= 0.6 is 0 Å². The Morgan fingerprint density at radius 2 is 1.07 bits per heavy atom. The molecule has 0 aromatic rings. The van der Waals surface area contributed by atoms with E-state index in [1.165, 1.54) is 36.8 Å². The van der Waals surface area contributed by atoms with E-state index in [4.69, 9.17) is 9.47 Å². The van der Waals surface area contributed by atoms with E-state index < -0.39 is 0 Å². The van der Waals surface area contributed by atoms with E-state index in [1.807, 2.05) is 0 Å². The van der Waals surface area contributed by atoms with Gasteiger partial charge < -0.3 is 9.47 Å². The molecule has 0 unspecified atom stereocenters. The molecular formula is C26H32O4. The minimum absolute atomic E-state index is 0.0559. The van der Waals surface area contributed by atoms with Crippen LogP contribution in [0.15, 0.2) is 22.3 Å². The fourth-order valence-electron chi connectivity index (χ4n) is 8.63. The first kappa shape index (κ1) is 18.3. The summed E-state index contributed by atoms with van der Waals surface area (Å²) in [4.78, 5) is 24.4. The molecule has 5 aliphatic carbocycles. The quantitative estimate of drug-likeness (QED) is 0.555. The second kappa shape index (κ2) is 6.62. The molecule has 0 bridgehead atoms. The number of hydrogen-bond acceptors (Lipinski definition) is 4. The van der Waals surface area contributed by atoms with Crippen LogP contribution in [0.3, 0.4) is 0 Å². The van der Waals surface area contributed by atoms with Gasteiger partial charge in [0, 0.05) is 37.5 Å². The van der Waals surface area contributed by atoms with Gasteiger partial charge in [0.1, 0.15) is 11.6 Å². The maximum Gasteiger partial charge on any atom is 0.136 e. The monoisotopic (exact) mass is 408 g/mol. The molecule has 8 atom stereocenters. The third-order valence-electron chi connectivity index (χ3n) is 9.56. The highest BCUT2D eigenvalue weighted by Crippen LogP contribution is 2.62. The molecule has 0 radical (unpaired) electrons. The molecule has 160 valence electrons. The van der Waals surface area contributed by atoms with Gasteiger partial charge in [0.05, 0.1) is 24.4 Å². The van der Waals surface area contributed by atoms with Gasteiger partial charge in [-0.15, -0.1) is 0 Å². The van der Waals surface area contributed by atoms with Crippen molar-refractivity contribution in [3.05, 3.63) is 22.3 Å². The van der Waals surface area contributed by atoms with E-state index in [2.05, 4.69) is 0 Å². The molecule has 0 N–H and O–H groups in total. The smallest absolute Gasteiger partial charge is 0.136 e. The Hall–Kier alpha value is -1.26. The number of Topliss-reactive ketones (excluding diaryl/α,β-unsaturated/α-hetero) is 2. The molecule has 0 aromatic heterocycles. The van der Waals surface area contributed by atoms with Crippen molar-refractivity contribution >= 4 is 11.6 Å². The van der Waals surface area contributed by atoms with E-state index in [-0.39, 0.29) is 12.2 Å². The number of rotatable bonds is 0. The summed E-state index contributed by atoms with van der Waals surface area (Å²) in [5.74, 6) is 2.98. The third-order valence-corrected chi connectivity index (χ3v) is 9.56. The Labute approximate surface area is 178 Å². The molecule has 0 saturated heterocycles. The van der Waals surface area contributed by atoms with Gasteiger partial charge in [-0.05, 0) is 61.5 Å². The number of carbonyl (C=O) groups is 2. The fraction of sp³-hybridized carbons (Fsp3) is 0.769. The predicted octanol–water partition coefficient (Wildman–Crippen LogP) is 4.47. The van der Waals surface area contributed by atoms with Crippen LogP contribution < -0.4 is 0 Å². The van der Waals surface area contributed by atoms with Crippen molar-refractivity contribution in [1.82, 2.24) is 0 Å². The van der Waals surface area contributed by atoms with Crippen LogP contribution in [0.1, 0.15) is 77.0 Å². The first-order chi connectivity index (χ1) is 14.7. The lowest BCUT2D eigenvalue weighted by atomic mass is 9.50.